The van der Waals surface area contributed by atoms with Crippen molar-refractivity contribution in [2.75, 3.05) is 7.11 Å². The van der Waals surface area contributed by atoms with Gasteiger partial charge in [0.25, 0.3) is 0 Å². The molecule has 0 radical (unpaired) electrons. The summed E-state index contributed by atoms with van der Waals surface area (Å²) in [6, 6.07) is 12.4. The predicted octanol–water partition coefficient (Wildman–Crippen LogP) is 4.35. The van der Waals surface area contributed by atoms with Crippen molar-refractivity contribution in [2.24, 2.45) is 7.05 Å². The topological polar surface area (TPSA) is 30.3 Å². The number of para-hydroxylation sites is 1. The molecular formula is C18H20ClN3OS. The van der Waals surface area contributed by atoms with Gasteiger partial charge in [0.15, 0.2) is 0 Å². The molecule has 0 saturated carbocycles. The Bertz CT molecular complexity index is 785. The van der Waals surface area contributed by atoms with Crippen molar-refractivity contribution in [3.63, 3.8) is 0 Å². The van der Waals surface area contributed by atoms with Crippen molar-refractivity contribution in [2.45, 2.75) is 19.6 Å². The first-order valence-corrected chi connectivity index (χ1v) is 8.96. The molecule has 4 nitrogen and oxygen atoms in total. The number of ether oxygens (including phenoxy) is 1. The van der Waals surface area contributed by atoms with Gasteiger partial charge >= 0.3 is 0 Å². The highest BCUT2D eigenvalue weighted by atomic mass is 35.5. The average Bonchev–Trinajstić information content (AvgIpc) is 3.21. The summed E-state index contributed by atoms with van der Waals surface area (Å²) < 4.78 is 7.42. The van der Waals surface area contributed by atoms with Crippen molar-refractivity contribution in [1.82, 2.24) is 14.5 Å². The van der Waals surface area contributed by atoms with Crippen LogP contribution in [-0.2, 0) is 26.7 Å². The second-order valence-corrected chi connectivity index (χ2v) is 7.01. The Morgan fingerprint density at radius 3 is 2.67 bits per heavy atom. The molecule has 2 heterocycles. The van der Waals surface area contributed by atoms with Crippen molar-refractivity contribution >= 4 is 22.9 Å². The minimum atomic E-state index is 0.651. The molecule has 6 heteroatoms. The molecule has 3 rings (SSSR count). The van der Waals surface area contributed by atoms with Gasteiger partial charge in [-0.05, 0) is 17.5 Å². The second kappa shape index (κ2) is 7.83. The van der Waals surface area contributed by atoms with E-state index < -0.39 is 0 Å². The molecule has 0 bridgehead atoms. The fourth-order valence-electron chi connectivity index (χ4n) is 2.64. The van der Waals surface area contributed by atoms with E-state index in [-0.39, 0.29) is 0 Å². The molecule has 0 fully saturated rings. The molecule has 0 N–H and O–H groups in total. The summed E-state index contributed by atoms with van der Waals surface area (Å²) in [4.78, 5) is 8.10. The standard InChI is InChI=1S/C18H20ClN3OS/c1-21-17(19)10-20-18(21)13-22(12-15-7-5-9-24-15)11-14-6-3-4-8-16(14)23-2/h3-10H,11-13H2,1-2H3. The number of benzene rings is 1. The van der Waals surface area contributed by atoms with E-state index in [4.69, 9.17) is 16.3 Å². The summed E-state index contributed by atoms with van der Waals surface area (Å²) in [5.41, 5.74) is 1.16. The molecule has 0 aliphatic rings. The summed E-state index contributed by atoms with van der Waals surface area (Å²) >= 11 is 7.89. The molecule has 0 aliphatic heterocycles. The number of thiophene rings is 1. The van der Waals surface area contributed by atoms with Crippen molar-refractivity contribution in [3.8, 4) is 5.75 Å². The number of hydrogen-bond donors (Lipinski definition) is 0. The van der Waals surface area contributed by atoms with Gasteiger partial charge in [-0.3, -0.25) is 4.90 Å². The van der Waals surface area contributed by atoms with Crippen LogP contribution in [0.2, 0.25) is 5.15 Å². The van der Waals surface area contributed by atoms with Crippen LogP contribution < -0.4 is 4.74 Å². The van der Waals surface area contributed by atoms with Crippen LogP contribution >= 0.6 is 22.9 Å². The van der Waals surface area contributed by atoms with Crippen molar-refractivity contribution in [3.05, 3.63) is 69.4 Å². The fraction of sp³-hybridized carbons (Fsp3) is 0.278. The zero-order chi connectivity index (χ0) is 16.9. The fourth-order valence-corrected chi connectivity index (χ4v) is 3.53. The Balaban J connectivity index is 1.82. The molecule has 0 atom stereocenters. The van der Waals surface area contributed by atoms with Gasteiger partial charge in [0.05, 0.1) is 19.9 Å². The normalized spacial score (nSPS) is 11.2. The summed E-state index contributed by atoms with van der Waals surface area (Å²) in [6.45, 7) is 2.37. The van der Waals surface area contributed by atoms with E-state index in [1.165, 1.54) is 4.88 Å². The predicted molar refractivity (Wildman–Crippen MR) is 98.5 cm³/mol. The SMILES string of the molecule is COc1ccccc1CN(Cc1cccs1)Cc1ncc(Cl)n1C. The molecule has 0 saturated heterocycles. The maximum absolute atomic E-state index is 6.13. The van der Waals surface area contributed by atoms with Crippen molar-refractivity contribution < 1.29 is 4.74 Å². The van der Waals surface area contributed by atoms with Gasteiger partial charge in [-0.15, -0.1) is 11.3 Å². The van der Waals surface area contributed by atoms with Crippen LogP contribution in [0.25, 0.3) is 0 Å². The van der Waals surface area contributed by atoms with Crippen LogP contribution in [0.1, 0.15) is 16.3 Å². The minimum absolute atomic E-state index is 0.651. The van der Waals surface area contributed by atoms with Gasteiger partial charge < -0.3 is 9.30 Å². The molecular weight excluding hydrogens is 342 g/mol. The number of halogens is 1. The first-order chi connectivity index (χ1) is 11.7. The van der Waals surface area contributed by atoms with Crippen LogP contribution in [0, 0.1) is 0 Å². The summed E-state index contributed by atoms with van der Waals surface area (Å²) in [7, 11) is 3.65. The highest BCUT2D eigenvalue weighted by molar-refractivity contribution is 7.09. The zero-order valence-corrected chi connectivity index (χ0v) is 15.3. The van der Waals surface area contributed by atoms with E-state index in [9.17, 15) is 0 Å². The minimum Gasteiger partial charge on any atom is -0.496 e. The Morgan fingerprint density at radius 2 is 2.00 bits per heavy atom. The molecule has 3 aromatic rings. The lowest BCUT2D eigenvalue weighted by Crippen LogP contribution is -2.24. The third kappa shape index (κ3) is 3.98. The molecule has 0 amide bonds. The molecule has 24 heavy (non-hydrogen) atoms. The van der Waals surface area contributed by atoms with Crippen molar-refractivity contribution in [1.29, 1.82) is 0 Å². The zero-order valence-electron chi connectivity index (χ0n) is 13.8. The second-order valence-electron chi connectivity index (χ2n) is 5.59. The Morgan fingerprint density at radius 1 is 1.17 bits per heavy atom. The summed E-state index contributed by atoms with van der Waals surface area (Å²) in [6.07, 6.45) is 1.70. The number of imidazole rings is 1. The Hall–Kier alpha value is -1.82. The Labute approximate surface area is 151 Å². The third-order valence-electron chi connectivity index (χ3n) is 3.94. The number of methoxy groups -OCH3 is 1. The van der Waals surface area contributed by atoms with Gasteiger partial charge in [-0.25, -0.2) is 4.98 Å². The number of hydrogen-bond acceptors (Lipinski definition) is 4. The molecule has 0 unspecified atom stereocenters. The third-order valence-corrected chi connectivity index (χ3v) is 5.15. The number of rotatable bonds is 7. The molecule has 126 valence electrons. The van der Waals surface area contributed by atoms with Gasteiger partial charge in [-0.1, -0.05) is 35.9 Å². The van der Waals surface area contributed by atoms with Crippen LogP contribution in [-0.4, -0.2) is 21.6 Å². The van der Waals surface area contributed by atoms with Crippen LogP contribution in [0.3, 0.4) is 0 Å². The first kappa shape index (κ1) is 17.0. The van der Waals surface area contributed by atoms with Gasteiger partial charge in [0.2, 0.25) is 0 Å². The molecule has 0 aliphatic carbocycles. The highest BCUT2D eigenvalue weighted by Gasteiger charge is 2.15. The van der Waals surface area contributed by atoms with E-state index in [0.29, 0.717) is 5.15 Å². The lowest BCUT2D eigenvalue weighted by atomic mass is 10.2. The maximum atomic E-state index is 6.13. The lowest BCUT2D eigenvalue weighted by Gasteiger charge is -2.22. The number of nitrogens with zero attached hydrogens (tertiary/aromatic N) is 3. The average molecular weight is 362 g/mol. The van der Waals surface area contributed by atoms with Gasteiger partial charge in [0, 0.05) is 30.6 Å². The van der Waals surface area contributed by atoms with E-state index in [0.717, 1.165) is 36.8 Å². The molecule has 2 aromatic heterocycles. The quantitative estimate of drug-likeness (QED) is 0.626. The van der Waals surface area contributed by atoms with E-state index in [1.54, 1.807) is 24.6 Å². The van der Waals surface area contributed by atoms with E-state index in [1.807, 2.05) is 29.8 Å². The van der Waals surface area contributed by atoms with Crippen LogP contribution in [0.4, 0.5) is 0 Å². The van der Waals surface area contributed by atoms with Crippen LogP contribution in [0.15, 0.2) is 48.0 Å². The molecule has 1 aromatic carbocycles. The smallest absolute Gasteiger partial charge is 0.128 e. The van der Waals surface area contributed by atoms with Gasteiger partial charge in [0.1, 0.15) is 16.7 Å². The first-order valence-electron chi connectivity index (χ1n) is 7.70. The largest absolute Gasteiger partial charge is 0.496 e. The molecule has 0 spiro atoms. The summed E-state index contributed by atoms with van der Waals surface area (Å²) in [5.74, 6) is 1.86. The Kier molecular flexibility index (Phi) is 5.56. The van der Waals surface area contributed by atoms with E-state index in [2.05, 4.69) is 33.5 Å². The highest BCUT2D eigenvalue weighted by Crippen LogP contribution is 2.23. The monoisotopic (exact) mass is 361 g/mol. The summed E-state index contributed by atoms with van der Waals surface area (Å²) in [5, 5.41) is 2.76. The lowest BCUT2D eigenvalue weighted by molar-refractivity contribution is 0.237. The van der Waals surface area contributed by atoms with Gasteiger partial charge in [-0.2, -0.15) is 0 Å². The number of aromatic nitrogens is 2. The van der Waals surface area contributed by atoms with Crippen LogP contribution in [0.5, 0.6) is 5.75 Å². The van der Waals surface area contributed by atoms with E-state index >= 15 is 0 Å². The maximum Gasteiger partial charge on any atom is 0.128 e.